The van der Waals surface area contributed by atoms with Gasteiger partial charge in [-0.05, 0) is 25.0 Å². The molecule has 0 radical (unpaired) electrons. The van der Waals surface area contributed by atoms with Gasteiger partial charge in [0.15, 0.2) is 0 Å². The van der Waals surface area contributed by atoms with Gasteiger partial charge in [0.05, 0.1) is 23.2 Å². The molecule has 1 atom stereocenters. The van der Waals surface area contributed by atoms with E-state index in [-0.39, 0.29) is 23.2 Å². The van der Waals surface area contributed by atoms with Gasteiger partial charge >= 0.3 is 0 Å². The SMILES string of the molecule is O=C(c1cc(F)c(Cl)cc1F)N1CCCC1CO. The minimum Gasteiger partial charge on any atom is -0.394 e. The minimum absolute atomic E-state index is 0.177. The third kappa shape index (κ3) is 2.33. The summed E-state index contributed by atoms with van der Waals surface area (Å²) in [5.41, 5.74) is -0.350. The van der Waals surface area contributed by atoms with Crippen LogP contribution in [-0.4, -0.2) is 35.1 Å². The van der Waals surface area contributed by atoms with E-state index in [1.54, 1.807) is 0 Å². The Bertz CT molecular complexity index is 481. The number of carbonyl (C=O) groups excluding carboxylic acids is 1. The monoisotopic (exact) mass is 275 g/mol. The van der Waals surface area contributed by atoms with E-state index in [1.807, 2.05) is 0 Å². The van der Waals surface area contributed by atoms with Crippen molar-refractivity contribution in [2.45, 2.75) is 18.9 Å². The first-order valence-electron chi connectivity index (χ1n) is 5.61. The normalized spacial score (nSPS) is 19.3. The number of rotatable bonds is 2. The van der Waals surface area contributed by atoms with Gasteiger partial charge in [0.2, 0.25) is 0 Å². The van der Waals surface area contributed by atoms with Gasteiger partial charge in [0, 0.05) is 6.54 Å². The number of carbonyl (C=O) groups is 1. The van der Waals surface area contributed by atoms with Gasteiger partial charge in [-0.15, -0.1) is 0 Å². The van der Waals surface area contributed by atoms with Crippen molar-refractivity contribution in [2.24, 2.45) is 0 Å². The molecule has 1 N–H and O–H groups in total. The lowest BCUT2D eigenvalue weighted by molar-refractivity contribution is 0.0672. The Labute approximate surface area is 108 Å². The van der Waals surface area contributed by atoms with Gasteiger partial charge in [-0.1, -0.05) is 11.6 Å². The number of likely N-dealkylation sites (tertiary alicyclic amines) is 1. The Morgan fingerprint density at radius 1 is 1.44 bits per heavy atom. The molecular formula is C12H12ClF2NO2. The van der Waals surface area contributed by atoms with Gasteiger partial charge in [-0.3, -0.25) is 4.79 Å². The van der Waals surface area contributed by atoms with Crippen LogP contribution in [-0.2, 0) is 0 Å². The van der Waals surface area contributed by atoms with Crippen LogP contribution in [0.3, 0.4) is 0 Å². The zero-order valence-corrected chi connectivity index (χ0v) is 10.3. The van der Waals surface area contributed by atoms with Crippen molar-refractivity contribution >= 4 is 17.5 Å². The Morgan fingerprint density at radius 2 is 2.17 bits per heavy atom. The molecule has 2 rings (SSSR count). The highest BCUT2D eigenvalue weighted by atomic mass is 35.5. The van der Waals surface area contributed by atoms with Crippen molar-refractivity contribution in [3.8, 4) is 0 Å². The summed E-state index contributed by atoms with van der Waals surface area (Å²) in [6.45, 7) is 0.261. The Hall–Kier alpha value is -1.20. The number of aliphatic hydroxyl groups is 1. The Balaban J connectivity index is 2.31. The first kappa shape index (κ1) is 13.2. The van der Waals surface area contributed by atoms with Crippen LogP contribution in [0.25, 0.3) is 0 Å². The second-order valence-corrected chi connectivity index (χ2v) is 4.63. The van der Waals surface area contributed by atoms with Crippen LogP contribution >= 0.6 is 11.6 Å². The molecular weight excluding hydrogens is 264 g/mol. The lowest BCUT2D eigenvalue weighted by Crippen LogP contribution is -2.38. The van der Waals surface area contributed by atoms with Crippen molar-refractivity contribution in [3.05, 3.63) is 34.4 Å². The van der Waals surface area contributed by atoms with E-state index < -0.39 is 17.5 Å². The summed E-state index contributed by atoms with van der Waals surface area (Å²) in [4.78, 5) is 13.4. The van der Waals surface area contributed by atoms with Gasteiger partial charge in [-0.2, -0.15) is 0 Å². The summed E-state index contributed by atoms with van der Waals surface area (Å²) in [6, 6.07) is 1.26. The fourth-order valence-corrected chi connectivity index (χ4v) is 2.28. The topological polar surface area (TPSA) is 40.5 Å². The molecule has 1 aliphatic heterocycles. The number of hydrogen-bond donors (Lipinski definition) is 1. The summed E-state index contributed by atoms with van der Waals surface area (Å²) in [5.74, 6) is -2.30. The molecule has 1 unspecified atom stereocenters. The van der Waals surface area contributed by atoms with Crippen molar-refractivity contribution in [3.63, 3.8) is 0 Å². The van der Waals surface area contributed by atoms with E-state index >= 15 is 0 Å². The highest BCUT2D eigenvalue weighted by molar-refractivity contribution is 6.30. The Morgan fingerprint density at radius 3 is 2.83 bits per heavy atom. The smallest absolute Gasteiger partial charge is 0.257 e. The predicted octanol–water partition coefficient (Wildman–Crippen LogP) is 2.22. The number of halogens is 3. The number of hydrogen-bond acceptors (Lipinski definition) is 2. The van der Waals surface area contributed by atoms with Gasteiger partial charge in [0.25, 0.3) is 5.91 Å². The molecule has 98 valence electrons. The van der Waals surface area contributed by atoms with E-state index in [2.05, 4.69) is 0 Å². The molecule has 0 aromatic heterocycles. The molecule has 0 bridgehead atoms. The highest BCUT2D eigenvalue weighted by Gasteiger charge is 2.30. The third-order valence-electron chi connectivity index (χ3n) is 3.09. The summed E-state index contributed by atoms with van der Waals surface area (Å²) < 4.78 is 26.9. The molecule has 1 amide bonds. The first-order chi connectivity index (χ1) is 8.54. The van der Waals surface area contributed by atoms with E-state index in [0.29, 0.717) is 13.0 Å². The number of amides is 1. The summed E-state index contributed by atoms with van der Waals surface area (Å²) >= 11 is 5.43. The van der Waals surface area contributed by atoms with Crippen LogP contribution in [0.15, 0.2) is 12.1 Å². The van der Waals surface area contributed by atoms with Crippen LogP contribution in [0, 0.1) is 11.6 Å². The second kappa shape index (κ2) is 5.20. The highest BCUT2D eigenvalue weighted by Crippen LogP contribution is 2.24. The summed E-state index contributed by atoms with van der Waals surface area (Å²) in [7, 11) is 0. The standard InChI is InChI=1S/C12H12ClF2NO2/c13-9-5-10(14)8(4-11(9)15)12(18)16-3-1-2-7(16)6-17/h4-5,7,17H,1-3,6H2. The molecule has 18 heavy (non-hydrogen) atoms. The largest absolute Gasteiger partial charge is 0.394 e. The van der Waals surface area contributed by atoms with Crippen LogP contribution in [0.4, 0.5) is 8.78 Å². The van der Waals surface area contributed by atoms with Crippen LogP contribution in [0.1, 0.15) is 23.2 Å². The lowest BCUT2D eigenvalue weighted by Gasteiger charge is -2.23. The molecule has 1 aromatic rings. The minimum atomic E-state index is -0.852. The summed E-state index contributed by atoms with van der Waals surface area (Å²) in [6.07, 6.45) is 1.41. The van der Waals surface area contributed by atoms with Gasteiger partial charge in [-0.25, -0.2) is 8.78 Å². The van der Waals surface area contributed by atoms with E-state index in [0.717, 1.165) is 18.6 Å². The zero-order chi connectivity index (χ0) is 13.3. The zero-order valence-electron chi connectivity index (χ0n) is 9.50. The maximum Gasteiger partial charge on any atom is 0.257 e. The van der Waals surface area contributed by atoms with Gasteiger partial charge < -0.3 is 10.0 Å². The molecule has 3 nitrogen and oxygen atoms in total. The van der Waals surface area contributed by atoms with Crippen LogP contribution in [0.2, 0.25) is 5.02 Å². The van der Waals surface area contributed by atoms with Crippen molar-refractivity contribution in [1.82, 2.24) is 4.90 Å². The fraction of sp³-hybridized carbons (Fsp3) is 0.417. The summed E-state index contributed by atoms with van der Waals surface area (Å²) in [5, 5.41) is 8.76. The molecule has 1 fully saturated rings. The number of benzene rings is 1. The molecule has 6 heteroatoms. The fourth-order valence-electron chi connectivity index (χ4n) is 2.13. The average Bonchev–Trinajstić information content (AvgIpc) is 2.81. The van der Waals surface area contributed by atoms with Crippen molar-refractivity contribution in [2.75, 3.05) is 13.2 Å². The maximum atomic E-state index is 13.6. The van der Waals surface area contributed by atoms with E-state index in [4.69, 9.17) is 16.7 Å². The maximum absolute atomic E-state index is 13.6. The van der Waals surface area contributed by atoms with Crippen LogP contribution < -0.4 is 0 Å². The molecule has 0 spiro atoms. The first-order valence-corrected chi connectivity index (χ1v) is 5.98. The predicted molar refractivity (Wildman–Crippen MR) is 62.5 cm³/mol. The average molecular weight is 276 g/mol. The van der Waals surface area contributed by atoms with E-state index in [9.17, 15) is 13.6 Å². The molecule has 1 saturated heterocycles. The van der Waals surface area contributed by atoms with Crippen molar-refractivity contribution < 1.29 is 18.7 Å². The van der Waals surface area contributed by atoms with Gasteiger partial charge in [0.1, 0.15) is 11.6 Å². The third-order valence-corrected chi connectivity index (χ3v) is 3.38. The Kier molecular flexibility index (Phi) is 3.82. The number of aliphatic hydroxyl groups excluding tert-OH is 1. The molecule has 1 aromatic carbocycles. The molecule has 1 aliphatic rings. The lowest BCUT2D eigenvalue weighted by atomic mass is 10.1. The molecule has 1 heterocycles. The van der Waals surface area contributed by atoms with E-state index in [1.165, 1.54) is 4.90 Å². The second-order valence-electron chi connectivity index (χ2n) is 4.22. The number of nitrogens with zero attached hydrogens (tertiary/aromatic N) is 1. The quantitative estimate of drug-likeness (QED) is 0.841. The molecule has 0 saturated carbocycles. The van der Waals surface area contributed by atoms with Crippen LogP contribution in [0.5, 0.6) is 0 Å². The van der Waals surface area contributed by atoms with Crippen molar-refractivity contribution in [1.29, 1.82) is 0 Å². The molecule has 0 aliphatic carbocycles.